The van der Waals surface area contributed by atoms with Gasteiger partial charge in [-0.05, 0) is 43.9 Å². The number of Topliss-reactive ketones (excluding diaryl/α,β-unsaturated/α-hetero) is 1. The maximum atomic E-state index is 13.6. The van der Waals surface area contributed by atoms with Crippen LogP contribution in [0.2, 0.25) is 10.0 Å². The molecule has 2 aliphatic rings. The number of carbonyl (C=O) groups excluding carboxylic acids is 3. The Balaban J connectivity index is 2.10. The van der Waals surface area contributed by atoms with Crippen LogP contribution in [0.15, 0.2) is 40.7 Å². The van der Waals surface area contributed by atoms with Gasteiger partial charge in [0, 0.05) is 29.5 Å². The molecule has 0 spiro atoms. The van der Waals surface area contributed by atoms with Crippen LogP contribution in [-0.2, 0) is 28.6 Å². The third kappa shape index (κ3) is 5.10. The summed E-state index contributed by atoms with van der Waals surface area (Å²) < 4.78 is 15.6. The SMILES string of the molecule is CCOCCOC(=O)C1=C(C)NC2=C(C(=O)C(C(=O)OC)C(C)C2)C1c1ccc(Cl)c(Cl)c1. The maximum Gasteiger partial charge on any atom is 0.336 e. The van der Waals surface area contributed by atoms with Crippen molar-refractivity contribution >= 4 is 40.9 Å². The minimum absolute atomic E-state index is 0.0687. The predicted molar refractivity (Wildman–Crippen MR) is 124 cm³/mol. The molecule has 178 valence electrons. The van der Waals surface area contributed by atoms with Crippen molar-refractivity contribution in [3.63, 3.8) is 0 Å². The van der Waals surface area contributed by atoms with Gasteiger partial charge in [-0.2, -0.15) is 0 Å². The second kappa shape index (κ2) is 10.7. The Morgan fingerprint density at radius 1 is 1.18 bits per heavy atom. The second-order valence-corrected chi connectivity index (χ2v) is 8.86. The van der Waals surface area contributed by atoms with Crippen LogP contribution < -0.4 is 5.32 Å². The van der Waals surface area contributed by atoms with Crippen LogP contribution in [0.1, 0.15) is 38.7 Å². The summed E-state index contributed by atoms with van der Waals surface area (Å²) in [6.07, 6.45) is 0.447. The highest BCUT2D eigenvalue weighted by molar-refractivity contribution is 6.42. The number of allylic oxidation sites excluding steroid dienone is 3. The molecule has 3 unspecified atom stereocenters. The van der Waals surface area contributed by atoms with Crippen LogP contribution in [0.5, 0.6) is 0 Å². The van der Waals surface area contributed by atoms with E-state index in [2.05, 4.69) is 5.32 Å². The summed E-state index contributed by atoms with van der Waals surface area (Å²) in [7, 11) is 1.26. The van der Waals surface area contributed by atoms with Gasteiger partial charge in [0.1, 0.15) is 12.5 Å². The zero-order chi connectivity index (χ0) is 24.3. The lowest BCUT2D eigenvalue weighted by Crippen LogP contribution is -2.43. The molecule has 0 saturated carbocycles. The molecule has 3 atom stereocenters. The number of benzene rings is 1. The van der Waals surface area contributed by atoms with E-state index in [1.807, 2.05) is 13.8 Å². The first-order valence-corrected chi connectivity index (χ1v) is 11.5. The van der Waals surface area contributed by atoms with Crippen LogP contribution in [-0.4, -0.2) is 44.7 Å². The van der Waals surface area contributed by atoms with Crippen molar-refractivity contribution in [2.75, 3.05) is 26.9 Å². The first-order valence-electron chi connectivity index (χ1n) is 10.7. The van der Waals surface area contributed by atoms with Crippen molar-refractivity contribution in [2.24, 2.45) is 11.8 Å². The molecular formula is C24H27Cl2NO6. The smallest absolute Gasteiger partial charge is 0.336 e. The Morgan fingerprint density at radius 3 is 2.55 bits per heavy atom. The van der Waals surface area contributed by atoms with E-state index in [-0.39, 0.29) is 35.5 Å². The fourth-order valence-corrected chi connectivity index (χ4v) is 4.70. The number of ketones is 1. The van der Waals surface area contributed by atoms with Crippen LogP contribution >= 0.6 is 23.2 Å². The van der Waals surface area contributed by atoms with E-state index in [4.69, 9.17) is 37.4 Å². The highest BCUT2D eigenvalue weighted by atomic mass is 35.5. The lowest BCUT2D eigenvalue weighted by Gasteiger charge is -2.38. The minimum Gasteiger partial charge on any atom is -0.468 e. The van der Waals surface area contributed by atoms with E-state index in [1.165, 1.54) is 7.11 Å². The van der Waals surface area contributed by atoms with Crippen LogP contribution in [0.3, 0.4) is 0 Å². The first kappa shape index (κ1) is 25.3. The zero-order valence-corrected chi connectivity index (χ0v) is 20.5. The van der Waals surface area contributed by atoms with E-state index >= 15 is 0 Å². The van der Waals surface area contributed by atoms with Gasteiger partial charge in [-0.1, -0.05) is 36.2 Å². The first-order chi connectivity index (χ1) is 15.7. The molecule has 1 aliphatic carbocycles. The largest absolute Gasteiger partial charge is 0.468 e. The van der Waals surface area contributed by atoms with Gasteiger partial charge in [0.15, 0.2) is 5.78 Å². The van der Waals surface area contributed by atoms with Crippen molar-refractivity contribution in [3.8, 4) is 0 Å². The fraction of sp³-hybridized carbons (Fsp3) is 0.458. The number of carbonyl (C=O) groups is 3. The Labute approximate surface area is 203 Å². The van der Waals surface area contributed by atoms with E-state index in [0.29, 0.717) is 40.6 Å². The van der Waals surface area contributed by atoms with Crippen molar-refractivity contribution in [1.82, 2.24) is 5.32 Å². The fourth-order valence-electron chi connectivity index (χ4n) is 4.39. The monoisotopic (exact) mass is 495 g/mol. The van der Waals surface area contributed by atoms with Gasteiger partial charge in [0.25, 0.3) is 0 Å². The molecule has 0 fully saturated rings. The van der Waals surface area contributed by atoms with E-state index < -0.39 is 23.8 Å². The second-order valence-electron chi connectivity index (χ2n) is 8.04. The quantitative estimate of drug-likeness (QED) is 0.344. The zero-order valence-electron chi connectivity index (χ0n) is 19.0. The highest BCUT2D eigenvalue weighted by Crippen LogP contribution is 2.46. The molecule has 1 heterocycles. The van der Waals surface area contributed by atoms with Gasteiger partial charge in [-0.25, -0.2) is 4.79 Å². The minimum atomic E-state index is -0.963. The number of hydrogen-bond donors (Lipinski definition) is 1. The average Bonchev–Trinajstić information content (AvgIpc) is 2.77. The van der Waals surface area contributed by atoms with Gasteiger partial charge in [0.2, 0.25) is 0 Å². The van der Waals surface area contributed by atoms with Gasteiger partial charge >= 0.3 is 11.9 Å². The number of nitrogens with one attached hydrogen (secondary N) is 1. The topological polar surface area (TPSA) is 90.9 Å². The van der Waals surface area contributed by atoms with Gasteiger partial charge in [-0.15, -0.1) is 0 Å². The third-order valence-electron chi connectivity index (χ3n) is 5.90. The molecule has 0 bridgehead atoms. The standard InChI is InChI=1S/C24H27Cl2NO6/c1-5-32-8-9-33-24(30)19-13(3)27-17-10-12(2)18(23(29)31-4)22(28)21(17)20(19)14-6-7-15(25)16(26)11-14/h6-7,11-12,18,20,27H,5,8-10H2,1-4H3. The number of halogens is 2. The van der Waals surface area contributed by atoms with Crippen molar-refractivity contribution in [1.29, 1.82) is 0 Å². The highest BCUT2D eigenvalue weighted by Gasteiger charge is 2.47. The Hall–Kier alpha value is -2.35. The van der Waals surface area contributed by atoms with Crippen LogP contribution in [0.25, 0.3) is 0 Å². The Morgan fingerprint density at radius 2 is 1.91 bits per heavy atom. The molecule has 9 heteroatoms. The summed E-state index contributed by atoms with van der Waals surface area (Å²) in [6, 6.07) is 4.96. The molecule has 0 saturated heterocycles. The molecule has 0 aromatic heterocycles. The molecule has 33 heavy (non-hydrogen) atoms. The molecule has 0 amide bonds. The summed E-state index contributed by atoms with van der Waals surface area (Å²) in [5, 5.41) is 3.85. The number of ether oxygens (including phenoxy) is 3. The summed E-state index contributed by atoms with van der Waals surface area (Å²) in [6.45, 7) is 6.27. The molecule has 1 aromatic rings. The number of hydrogen-bond acceptors (Lipinski definition) is 7. The van der Waals surface area contributed by atoms with Crippen molar-refractivity contribution in [2.45, 2.75) is 33.1 Å². The van der Waals surface area contributed by atoms with E-state index in [9.17, 15) is 14.4 Å². The van der Waals surface area contributed by atoms with Gasteiger partial charge < -0.3 is 19.5 Å². The molecule has 1 aliphatic heterocycles. The predicted octanol–water partition coefficient (Wildman–Crippen LogP) is 4.19. The van der Waals surface area contributed by atoms with Crippen LogP contribution in [0, 0.1) is 11.8 Å². The summed E-state index contributed by atoms with van der Waals surface area (Å²) in [4.78, 5) is 39.2. The summed E-state index contributed by atoms with van der Waals surface area (Å²) >= 11 is 12.4. The lowest BCUT2D eigenvalue weighted by atomic mass is 9.69. The summed E-state index contributed by atoms with van der Waals surface area (Å²) in [5.74, 6) is -3.57. The molecular weight excluding hydrogens is 469 g/mol. The number of rotatable bonds is 7. The normalized spacial score (nSPS) is 22.6. The molecule has 1 N–H and O–H groups in total. The number of esters is 2. The van der Waals surface area contributed by atoms with E-state index in [0.717, 1.165) is 0 Å². The summed E-state index contributed by atoms with van der Waals surface area (Å²) in [5.41, 5.74) is 2.45. The lowest BCUT2D eigenvalue weighted by molar-refractivity contribution is -0.151. The van der Waals surface area contributed by atoms with Crippen molar-refractivity contribution in [3.05, 3.63) is 56.3 Å². The van der Waals surface area contributed by atoms with Crippen molar-refractivity contribution < 1.29 is 28.6 Å². The number of methoxy groups -OCH3 is 1. The van der Waals surface area contributed by atoms with E-state index in [1.54, 1.807) is 25.1 Å². The average molecular weight is 496 g/mol. The van der Waals surface area contributed by atoms with Gasteiger partial charge in [-0.3, -0.25) is 9.59 Å². The molecule has 7 nitrogen and oxygen atoms in total. The van der Waals surface area contributed by atoms with Gasteiger partial charge in [0.05, 0.1) is 29.3 Å². The van der Waals surface area contributed by atoms with Crippen LogP contribution in [0.4, 0.5) is 0 Å². The Bertz CT molecular complexity index is 1030. The maximum absolute atomic E-state index is 13.6. The molecule has 0 radical (unpaired) electrons. The third-order valence-corrected chi connectivity index (χ3v) is 6.64. The molecule has 1 aromatic carbocycles. The Kier molecular flexibility index (Phi) is 8.21. The number of dihydropyridines is 1. The molecule has 3 rings (SSSR count).